The van der Waals surface area contributed by atoms with Crippen molar-refractivity contribution in [3.8, 4) is 0 Å². The summed E-state index contributed by atoms with van der Waals surface area (Å²) in [5, 5.41) is 0. The van der Waals surface area contributed by atoms with Crippen LogP contribution >= 0.6 is 0 Å². The lowest BCUT2D eigenvalue weighted by atomic mass is 9.60. The number of unbranched alkanes of at least 4 members (excludes halogenated alkanes) is 3. The average Bonchev–Trinajstić information content (AvgIpc) is 2.94. The summed E-state index contributed by atoms with van der Waals surface area (Å²) in [6.45, 7) is 7.65. The van der Waals surface area contributed by atoms with Gasteiger partial charge in [-0.05, 0) is 91.8 Å². The first-order valence-electron chi connectivity index (χ1n) is 17.7. The summed E-state index contributed by atoms with van der Waals surface area (Å²) in [7, 11) is 0. The van der Waals surface area contributed by atoms with Crippen LogP contribution in [0.3, 0.4) is 0 Å². The molecule has 4 aliphatic rings. The zero-order chi connectivity index (χ0) is 25.2. The van der Waals surface area contributed by atoms with Gasteiger partial charge >= 0.3 is 0 Å². The van der Waals surface area contributed by atoms with Gasteiger partial charge in [-0.15, -0.1) is 0 Å². The van der Waals surface area contributed by atoms with Gasteiger partial charge in [-0.3, -0.25) is 0 Å². The van der Waals surface area contributed by atoms with E-state index in [1.54, 1.807) is 83.5 Å². The molecule has 0 radical (unpaired) electrons. The predicted octanol–water partition coefficient (Wildman–Crippen LogP) is 12.0. The lowest BCUT2D eigenvalue weighted by Crippen LogP contribution is -2.35. The van der Waals surface area contributed by atoms with E-state index in [1.165, 1.54) is 70.6 Å². The summed E-state index contributed by atoms with van der Waals surface area (Å²) < 4.78 is 0. The first kappa shape index (κ1) is 29.0. The highest BCUT2D eigenvalue weighted by Gasteiger charge is 2.38. The largest absolute Gasteiger partial charge is 0.0654 e. The molecule has 36 heavy (non-hydrogen) atoms. The zero-order valence-corrected chi connectivity index (χ0v) is 25.2. The van der Waals surface area contributed by atoms with E-state index >= 15 is 0 Å². The van der Waals surface area contributed by atoms with Crippen LogP contribution in [-0.4, -0.2) is 0 Å². The third-order valence-corrected chi connectivity index (χ3v) is 12.7. The molecule has 0 saturated heterocycles. The normalized spacial score (nSPS) is 34.6. The van der Waals surface area contributed by atoms with E-state index in [2.05, 4.69) is 20.8 Å². The SMILES string of the molecule is CCCCCCC(CCCC(C)C(C)C1CCC(C2CCCCC2)CC1)C1CCCC2CCCCC21. The fourth-order valence-electron chi connectivity index (χ4n) is 10.2. The fraction of sp³-hybridized carbons (Fsp3) is 1.00. The van der Waals surface area contributed by atoms with Gasteiger partial charge in [-0.1, -0.05) is 136 Å². The van der Waals surface area contributed by atoms with Gasteiger partial charge in [0, 0.05) is 0 Å². The molecule has 4 rings (SSSR count). The Morgan fingerprint density at radius 3 is 1.94 bits per heavy atom. The molecule has 0 aromatic heterocycles. The van der Waals surface area contributed by atoms with Crippen molar-refractivity contribution in [2.45, 2.75) is 175 Å². The minimum Gasteiger partial charge on any atom is -0.0654 e. The Morgan fingerprint density at radius 2 is 1.17 bits per heavy atom. The van der Waals surface area contributed by atoms with Crippen molar-refractivity contribution in [3.63, 3.8) is 0 Å². The summed E-state index contributed by atoms with van der Waals surface area (Å²) >= 11 is 0. The van der Waals surface area contributed by atoms with Gasteiger partial charge in [0.15, 0.2) is 0 Å². The second-order valence-corrected chi connectivity index (χ2v) is 14.8. The highest BCUT2D eigenvalue weighted by molar-refractivity contribution is 4.89. The van der Waals surface area contributed by atoms with Crippen molar-refractivity contribution >= 4 is 0 Å². The maximum atomic E-state index is 2.65. The van der Waals surface area contributed by atoms with Crippen LogP contribution in [0.5, 0.6) is 0 Å². The minimum absolute atomic E-state index is 0.941. The van der Waals surface area contributed by atoms with Crippen LogP contribution in [0.2, 0.25) is 0 Å². The summed E-state index contributed by atoms with van der Waals surface area (Å²) in [6, 6.07) is 0. The fourth-order valence-corrected chi connectivity index (χ4v) is 10.2. The summed E-state index contributed by atoms with van der Waals surface area (Å²) in [5.74, 6) is 9.49. The van der Waals surface area contributed by atoms with Gasteiger partial charge in [0.05, 0.1) is 0 Å². The van der Waals surface area contributed by atoms with E-state index in [9.17, 15) is 0 Å². The van der Waals surface area contributed by atoms with Crippen molar-refractivity contribution in [1.29, 1.82) is 0 Å². The summed E-state index contributed by atoms with van der Waals surface area (Å²) in [6.07, 6.45) is 36.9. The third kappa shape index (κ3) is 8.25. The molecule has 4 saturated carbocycles. The van der Waals surface area contributed by atoms with Crippen molar-refractivity contribution < 1.29 is 0 Å². The maximum Gasteiger partial charge on any atom is -0.0355 e. The van der Waals surface area contributed by atoms with Crippen molar-refractivity contribution in [1.82, 2.24) is 0 Å². The van der Waals surface area contributed by atoms with Crippen LogP contribution in [0.4, 0.5) is 0 Å². The Bertz CT molecular complexity index is 563. The molecule has 0 nitrogen and oxygen atoms in total. The van der Waals surface area contributed by atoms with Gasteiger partial charge < -0.3 is 0 Å². The Labute approximate surface area is 227 Å². The molecule has 0 aliphatic heterocycles. The summed E-state index contributed by atoms with van der Waals surface area (Å²) in [5.41, 5.74) is 0. The van der Waals surface area contributed by atoms with E-state index in [-0.39, 0.29) is 0 Å². The molecular weight excluding hydrogens is 432 g/mol. The van der Waals surface area contributed by atoms with Crippen LogP contribution in [-0.2, 0) is 0 Å². The monoisotopic (exact) mass is 499 g/mol. The van der Waals surface area contributed by atoms with Crippen LogP contribution in [0, 0.1) is 53.3 Å². The van der Waals surface area contributed by atoms with Gasteiger partial charge in [-0.2, -0.15) is 0 Å². The molecule has 4 fully saturated rings. The number of hydrogen-bond acceptors (Lipinski definition) is 0. The quantitative estimate of drug-likeness (QED) is 0.221. The molecule has 0 bridgehead atoms. The number of fused-ring (bicyclic) bond motifs is 1. The van der Waals surface area contributed by atoms with Gasteiger partial charge in [0.25, 0.3) is 0 Å². The van der Waals surface area contributed by atoms with E-state index in [1.807, 2.05) is 0 Å². The molecule has 6 unspecified atom stereocenters. The third-order valence-electron chi connectivity index (χ3n) is 12.7. The second-order valence-electron chi connectivity index (χ2n) is 14.8. The molecule has 0 heteroatoms. The first-order chi connectivity index (χ1) is 17.7. The predicted molar refractivity (Wildman–Crippen MR) is 159 cm³/mol. The van der Waals surface area contributed by atoms with Crippen LogP contribution in [0.25, 0.3) is 0 Å². The number of hydrogen-bond donors (Lipinski definition) is 0. The molecular formula is C36H66. The highest BCUT2D eigenvalue weighted by Crippen LogP contribution is 2.49. The van der Waals surface area contributed by atoms with Crippen molar-refractivity contribution in [3.05, 3.63) is 0 Å². The van der Waals surface area contributed by atoms with Crippen molar-refractivity contribution in [2.24, 2.45) is 53.3 Å². The molecule has 0 amide bonds. The van der Waals surface area contributed by atoms with Crippen LogP contribution in [0.1, 0.15) is 175 Å². The van der Waals surface area contributed by atoms with Gasteiger partial charge in [0.1, 0.15) is 0 Å². The lowest BCUT2D eigenvalue weighted by Gasteiger charge is -2.45. The Kier molecular flexibility index (Phi) is 12.5. The molecule has 0 spiro atoms. The summed E-state index contributed by atoms with van der Waals surface area (Å²) in [4.78, 5) is 0. The minimum atomic E-state index is 0.941. The van der Waals surface area contributed by atoms with Crippen LogP contribution in [0.15, 0.2) is 0 Å². The average molecular weight is 499 g/mol. The zero-order valence-electron chi connectivity index (χ0n) is 25.2. The second kappa shape index (κ2) is 15.6. The van der Waals surface area contributed by atoms with Gasteiger partial charge in [0.2, 0.25) is 0 Å². The number of rotatable bonds is 13. The highest BCUT2D eigenvalue weighted by atomic mass is 14.4. The van der Waals surface area contributed by atoms with Gasteiger partial charge in [-0.25, -0.2) is 0 Å². The van der Waals surface area contributed by atoms with E-state index in [0.29, 0.717) is 0 Å². The molecule has 0 N–H and O–H groups in total. The molecule has 0 aromatic rings. The van der Waals surface area contributed by atoms with E-state index < -0.39 is 0 Å². The first-order valence-corrected chi connectivity index (χ1v) is 17.7. The lowest BCUT2D eigenvalue weighted by molar-refractivity contribution is 0.0543. The molecule has 0 aromatic carbocycles. The molecule has 210 valence electrons. The topological polar surface area (TPSA) is 0 Å². The molecule has 6 atom stereocenters. The maximum absolute atomic E-state index is 2.65. The Balaban J connectivity index is 1.22. The van der Waals surface area contributed by atoms with Crippen LogP contribution < -0.4 is 0 Å². The Hall–Kier alpha value is 0. The molecule has 4 aliphatic carbocycles. The molecule has 0 heterocycles. The van der Waals surface area contributed by atoms with E-state index in [4.69, 9.17) is 0 Å². The van der Waals surface area contributed by atoms with E-state index in [0.717, 1.165) is 53.3 Å². The standard InChI is InChI=1S/C36H66/c1-4-5-6-8-18-33(36-23-14-21-34-19-11-12-22-35(34)36)20-13-15-28(2)29(3)30-24-26-32(27-25-30)31-16-9-7-10-17-31/h28-36H,4-27H2,1-3H3. The van der Waals surface area contributed by atoms with Crippen molar-refractivity contribution in [2.75, 3.05) is 0 Å². The smallest absolute Gasteiger partial charge is 0.0355 e. The Morgan fingerprint density at radius 1 is 0.528 bits per heavy atom.